The number of nitrogens with two attached hydrogens (primary N) is 2. The summed E-state index contributed by atoms with van der Waals surface area (Å²) in [5.41, 5.74) is 10.1. The molecule has 44 heavy (non-hydrogen) atoms. The van der Waals surface area contributed by atoms with Crippen LogP contribution in [0.3, 0.4) is 0 Å². The summed E-state index contributed by atoms with van der Waals surface area (Å²) in [6, 6.07) is 0. The van der Waals surface area contributed by atoms with Crippen molar-refractivity contribution < 1.29 is 56.7 Å². The van der Waals surface area contributed by atoms with Crippen LogP contribution in [0.2, 0.25) is 0 Å². The van der Waals surface area contributed by atoms with Crippen LogP contribution in [-0.4, -0.2) is 112 Å². The number of fused-ring (bicyclic) bond motifs is 9. The highest BCUT2D eigenvalue weighted by atomic mass is 31.2. The topological polar surface area (TPSA) is 304 Å². The normalized spacial score (nSPS) is 44.5. The van der Waals surface area contributed by atoms with Gasteiger partial charge >= 0.3 is 21.4 Å². The van der Waals surface area contributed by atoms with E-state index in [0.29, 0.717) is 0 Å². The first-order chi connectivity index (χ1) is 20.9. The Hall–Kier alpha value is -3.08. The van der Waals surface area contributed by atoms with Gasteiger partial charge in [-0.05, 0) is 0 Å². The lowest BCUT2D eigenvalue weighted by Gasteiger charge is -2.30. The van der Waals surface area contributed by atoms with Crippen molar-refractivity contribution in [3.63, 3.8) is 0 Å². The summed E-state index contributed by atoms with van der Waals surface area (Å²) in [5.74, 6) is 0.218. The molecule has 3 aromatic rings. The minimum absolute atomic E-state index is 0.0232. The number of ether oxygens (including phenoxy) is 2. The first kappa shape index (κ1) is 28.4. The van der Waals surface area contributed by atoms with E-state index >= 15 is 0 Å². The molecule has 0 aromatic carbocycles. The average molecular weight is 657 g/mol. The van der Waals surface area contributed by atoms with Crippen molar-refractivity contribution in [1.82, 2.24) is 34.0 Å². The van der Waals surface area contributed by atoms with Gasteiger partial charge in [0, 0.05) is 0 Å². The Labute approximate surface area is 244 Å². The van der Waals surface area contributed by atoms with Crippen molar-refractivity contribution in [2.24, 2.45) is 4.99 Å². The summed E-state index contributed by atoms with van der Waals surface area (Å²) >= 11 is 0. The van der Waals surface area contributed by atoms with Gasteiger partial charge in [-0.1, -0.05) is 0 Å². The molecule has 22 nitrogen and oxygen atoms in total. The van der Waals surface area contributed by atoms with E-state index in [2.05, 4.69) is 29.9 Å². The zero-order chi connectivity index (χ0) is 30.8. The monoisotopic (exact) mass is 657 g/mol. The van der Waals surface area contributed by atoms with Crippen molar-refractivity contribution in [3.8, 4) is 0 Å². The molecular formula is C20H23N10O12P2+. The van der Waals surface area contributed by atoms with Gasteiger partial charge in [-0.25, -0.2) is 29.1 Å². The lowest BCUT2D eigenvalue weighted by Crippen LogP contribution is -2.51. The number of hydrogen-bond donors (Lipinski definition) is 6. The van der Waals surface area contributed by atoms with Crippen LogP contribution >= 0.6 is 15.6 Å². The fourth-order valence-corrected chi connectivity index (χ4v) is 8.06. The molecule has 0 bridgehead atoms. The van der Waals surface area contributed by atoms with E-state index in [1.807, 2.05) is 0 Å². The van der Waals surface area contributed by atoms with Crippen LogP contribution in [0.5, 0.6) is 0 Å². The maximum Gasteiger partial charge on any atom is 0.472 e. The van der Waals surface area contributed by atoms with Gasteiger partial charge in [0.15, 0.2) is 35.3 Å². The number of aliphatic hydroxyl groups excluding tert-OH is 1. The Kier molecular flexibility index (Phi) is 5.96. The zero-order valence-electron chi connectivity index (χ0n) is 21.9. The Bertz CT molecular complexity index is 1830. The highest BCUT2D eigenvalue weighted by Crippen LogP contribution is 2.66. The second kappa shape index (κ2) is 9.23. The number of phosphoric ester groups is 2. The first-order valence-corrected chi connectivity index (χ1v) is 15.9. The molecular weight excluding hydrogens is 634 g/mol. The van der Waals surface area contributed by atoms with E-state index in [0.717, 1.165) is 12.7 Å². The summed E-state index contributed by atoms with van der Waals surface area (Å²) in [4.78, 5) is 45.6. The lowest BCUT2D eigenvalue weighted by molar-refractivity contribution is -0.0908. The fourth-order valence-electron chi connectivity index (χ4n) is 6.12. The van der Waals surface area contributed by atoms with Gasteiger partial charge in [-0.15, -0.1) is 0 Å². The van der Waals surface area contributed by atoms with Gasteiger partial charge in [-0.3, -0.25) is 22.7 Å². The van der Waals surface area contributed by atoms with Crippen molar-refractivity contribution in [2.75, 3.05) is 24.7 Å². The fraction of sp³-hybridized carbons (Fsp3) is 0.500. The molecule has 24 heteroatoms. The van der Waals surface area contributed by atoms with Gasteiger partial charge in [0.2, 0.25) is 6.34 Å². The summed E-state index contributed by atoms with van der Waals surface area (Å²) in [5, 5.41) is 22.9. The van der Waals surface area contributed by atoms with E-state index < -0.39 is 82.0 Å². The average Bonchev–Trinajstić information content (AvgIpc) is 3.50. The molecule has 0 radical (unpaired) electrons. The number of nitrogens with zero attached hydrogens (tertiary/aromatic N) is 8. The lowest BCUT2D eigenvalue weighted by atomic mass is 10.1. The van der Waals surface area contributed by atoms with Crippen LogP contribution in [0.1, 0.15) is 6.23 Å². The molecule has 1 spiro atoms. The van der Waals surface area contributed by atoms with Crippen LogP contribution in [0.25, 0.3) is 11.2 Å². The highest BCUT2D eigenvalue weighted by molar-refractivity contribution is 7.47. The van der Waals surface area contributed by atoms with E-state index in [9.17, 15) is 29.1 Å². The number of quaternary nitrogens is 1. The number of aliphatic imine (C=N–C) groups is 1. The maximum atomic E-state index is 13.3. The first-order valence-electron chi connectivity index (χ1n) is 12.9. The number of phosphoric acid groups is 2. The molecule has 3 aromatic heterocycles. The van der Waals surface area contributed by atoms with Crippen molar-refractivity contribution in [2.45, 2.75) is 48.7 Å². The van der Waals surface area contributed by atoms with Gasteiger partial charge in [-0.2, -0.15) is 14.5 Å². The second-order valence-corrected chi connectivity index (χ2v) is 13.3. The van der Waals surface area contributed by atoms with Crippen molar-refractivity contribution in [1.29, 1.82) is 0 Å². The van der Waals surface area contributed by atoms with E-state index in [4.69, 9.17) is 39.0 Å². The number of hydrogen-bond acceptors (Lipinski definition) is 18. The van der Waals surface area contributed by atoms with Crippen LogP contribution in [0.15, 0.2) is 24.0 Å². The SMILES string of the molecule is Nc1ncnc2c1N=C[N+]21C2O[C@@H]3COP(=O)(O)OC4C(O)[C@H](n5cnc6c(N)ncnc65)O[C@@H]4COP(=O)(O)OC3C21O. The molecule has 8 unspecified atom stereocenters. The highest BCUT2D eigenvalue weighted by Gasteiger charge is 2.94. The predicted octanol–water partition coefficient (Wildman–Crippen LogP) is -1.83. The van der Waals surface area contributed by atoms with Crippen LogP contribution in [-0.2, 0) is 36.7 Å². The number of imidazole rings is 1. The molecule has 0 amide bonds. The minimum atomic E-state index is -5.05. The number of anilines is 2. The molecule has 5 aliphatic heterocycles. The largest absolute Gasteiger partial charge is 0.472 e. The number of aliphatic hydroxyl groups is 2. The third-order valence-corrected chi connectivity index (χ3v) is 10.1. The van der Waals surface area contributed by atoms with Crippen molar-refractivity contribution >= 4 is 56.3 Å². The second-order valence-electron chi connectivity index (χ2n) is 10.5. The van der Waals surface area contributed by atoms with Crippen LogP contribution in [0.4, 0.5) is 23.1 Å². The van der Waals surface area contributed by atoms with Gasteiger partial charge in [0.1, 0.15) is 42.6 Å². The van der Waals surface area contributed by atoms with E-state index in [-0.39, 0.29) is 34.3 Å². The molecule has 8 rings (SSSR count). The molecule has 11 atom stereocenters. The third-order valence-electron chi connectivity index (χ3n) is 8.15. The summed E-state index contributed by atoms with van der Waals surface area (Å²) in [6.07, 6.45) is -5.47. The molecule has 0 saturated carbocycles. The van der Waals surface area contributed by atoms with Gasteiger partial charge in [0.25, 0.3) is 12.0 Å². The smallest absolute Gasteiger partial charge is 0.386 e. The Morgan fingerprint density at radius 3 is 2.45 bits per heavy atom. The minimum Gasteiger partial charge on any atom is -0.386 e. The Morgan fingerprint density at radius 1 is 0.955 bits per heavy atom. The molecule has 8 heterocycles. The number of nitrogen functional groups attached to an aromatic ring is 2. The molecule has 5 aliphatic rings. The van der Waals surface area contributed by atoms with Gasteiger partial charge in [0.05, 0.1) is 19.5 Å². The number of rotatable bonds is 1. The Balaban J connectivity index is 1.10. The number of aromatic nitrogens is 6. The van der Waals surface area contributed by atoms with Crippen LogP contribution < -0.4 is 16.0 Å². The summed E-state index contributed by atoms with van der Waals surface area (Å²) in [6.45, 7) is -1.54. The van der Waals surface area contributed by atoms with Crippen LogP contribution in [0, 0.1) is 0 Å². The van der Waals surface area contributed by atoms with E-state index in [1.54, 1.807) is 0 Å². The third kappa shape index (κ3) is 3.83. The molecule has 234 valence electrons. The Morgan fingerprint density at radius 2 is 1.66 bits per heavy atom. The molecule has 4 saturated heterocycles. The summed E-state index contributed by atoms with van der Waals surface area (Å²) < 4.78 is 59.9. The molecule has 4 fully saturated rings. The predicted molar refractivity (Wildman–Crippen MR) is 141 cm³/mol. The zero-order valence-corrected chi connectivity index (χ0v) is 23.7. The maximum absolute atomic E-state index is 13.3. The van der Waals surface area contributed by atoms with E-state index in [1.165, 1.54) is 17.2 Å². The quantitative estimate of drug-likeness (QED) is 0.0951. The van der Waals surface area contributed by atoms with Crippen molar-refractivity contribution in [3.05, 3.63) is 19.0 Å². The molecule has 0 aliphatic carbocycles. The van der Waals surface area contributed by atoms with Gasteiger partial charge < -0.3 is 40.9 Å². The standard InChI is InChI=1S/C20H22N10O12P2/c21-14-9-16(25-3-23-14)29(5-27-9)18-11(31)12-7(39-18)1-37-44(35,36)42-13-8(2-38-43(33,34)41-12)40-19-20(13,32)30(19)6-28-10-15(22)24-4-26-17(10)30/h3-8,11-13,18-19,31-32H,1-2H2,(H5-,21,22,23,24,25,26,33,34,35,36)/p+1/t7-,8-,11?,12?,13?,18-,19?,20?,30?/m1/s1. The molecule has 8 N–H and O–H groups in total. The summed E-state index contributed by atoms with van der Waals surface area (Å²) in [7, 11) is -10.0.